The molecule has 0 unspecified atom stereocenters. The average Bonchev–Trinajstić information content (AvgIpc) is 2.48. The Morgan fingerprint density at radius 2 is 1.40 bits per heavy atom. The monoisotopic (exact) mass is 264 g/mol. The van der Waals surface area contributed by atoms with Crippen molar-refractivity contribution < 1.29 is 4.74 Å². The number of rotatable bonds is 4. The summed E-state index contributed by atoms with van der Waals surface area (Å²) in [5, 5.41) is 0. The van der Waals surface area contributed by atoms with Crippen LogP contribution in [0, 0.1) is 18.8 Å². The maximum Gasteiger partial charge on any atom is 0.119 e. The highest BCUT2D eigenvalue weighted by atomic mass is 16.5. The third-order valence-corrected chi connectivity index (χ3v) is 3.02. The fraction of sp³-hybridized carbons (Fsp3) is 0.263. The molecule has 0 saturated carbocycles. The maximum absolute atomic E-state index is 5.63. The molecule has 0 aliphatic rings. The highest BCUT2D eigenvalue weighted by Gasteiger charge is 1.93. The van der Waals surface area contributed by atoms with Gasteiger partial charge in [0.25, 0.3) is 0 Å². The first-order chi connectivity index (χ1) is 9.78. The van der Waals surface area contributed by atoms with Gasteiger partial charge >= 0.3 is 0 Å². The van der Waals surface area contributed by atoms with Crippen molar-refractivity contribution in [2.75, 3.05) is 6.61 Å². The molecule has 1 nitrogen and oxygen atoms in total. The summed E-state index contributed by atoms with van der Waals surface area (Å²) < 4.78 is 5.63. The Bertz CT molecular complexity index is 582. The van der Waals surface area contributed by atoms with Gasteiger partial charge in [-0.25, -0.2) is 0 Å². The summed E-state index contributed by atoms with van der Waals surface area (Å²) in [4.78, 5) is 0. The lowest BCUT2D eigenvalue weighted by atomic mass is 10.1. The summed E-state index contributed by atoms with van der Waals surface area (Å²) in [6.07, 6.45) is 2.25. The van der Waals surface area contributed by atoms with Crippen molar-refractivity contribution in [1.29, 1.82) is 0 Å². The minimum absolute atomic E-state index is 0.783. The molecular formula is C19H20O. The minimum Gasteiger partial charge on any atom is -0.494 e. The molecule has 0 spiro atoms. The molecular weight excluding hydrogens is 244 g/mol. The van der Waals surface area contributed by atoms with E-state index < -0.39 is 0 Å². The van der Waals surface area contributed by atoms with E-state index in [1.54, 1.807) is 0 Å². The van der Waals surface area contributed by atoms with E-state index in [1.807, 2.05) is 36.4 Å². The van der Waals surface area contributed by atoms with Crippen LogP contribution in [0.5, 0.6) is 5.75 Å². The summed E-state index contributed by atoms with van der Waals surface area (Å²) >= 11 is 0. The number of hydrogen-bond acceptors (Lipinski definition) is 1. The third-order valence-electron chi connectivity index (χ3n) is 3.02. The van der Waals surface area contributed by atoms with Crippen LogP contribution in [0.3, 0.4) is 0 Å². The first-order valence-corrected chi connectivity index (χ1v) is 7.09. The van der Waals surface area contributed by atoms with Crippen molar-refractivity contribution in [3.8, 4) is 17.6 Å². The van der Waals surface area contributed by atoms with Crippen LogP contribution < -0.4 is 4.74 Å². The maximum atomic E-state index is 5.63. The SMILES string of the molecule is CCCCOc1ccc(C#Cc2ccc(C)cc2)cc1. The third kappa shape index (κ3) is 4.48. The van der Waals surface area contributed by atoms with Crippen LogP contribution in [-0.2, 0) is 0 Å². The van der Waals surface area contributed by atoms with E-state index in [0.717, 1.165) is 36.3 Å². The second kappa shape index (κ2) is 7.40. The molecule has 2 aromatic carbocycles. The zero-order valence-electron chi connectivity index (χ0n) is 12.1. The summed E-state index contributed by atoms with van der Waals surface area (Å²) in [6.45, 7) is 5.02. The topological polar surface area (TPSA) is 9.23 Å². The molecule has 0 fully saturated rings. The van der Waals surface area contributed by atoms with Gasteiger partial charge < -0.3 is 4.74 Å². The molecule has 0 saturated heterocycles. The number of ether oxygens (including phenoxy) is 1. The van der Waals surface area contributed by atoms with Crippen molar-refractivity contribution in [2.45, 2.75) is 26.7 Å². The van der Waals surface area contributed by atoms with Crippen LogP contribution in [-0.4, -0.2) is 6.61 Å². The highest BCUT2D eigenvalue weighted by Crippen LogP contribution is 2.12. The van der Waals surface area contributed by atoms with Gasteiger partial charge in [-0.1, -0.05) is 42.9 Å². The van der Waals surface area contributed by atoms with Gasteiger partial charge in [-0.2, -0.15) is 0 Å². The van der Waals surface area contributed by atoms with Gasteiger partial charge in [-0.15, -0.1) is 0 Å². The van der Waals surface area contributed by atoms with E-state index in [4.69, 9.17) is 4.74 Å². The summed E-state index contributed by atoms with van der Waals surface area (Å²) in [5.41, 5.74) is 3.30. The Balaban J connectivity index is 1.98. The molecule has 0 aliphatic carbocycles. The fourth-order valence-corrected chi connectivity index (χ4v) is 1.75. The molecule has 2 rings (SSSR count). The van der Waals surface area contributed by atoms with Gasteiger partial charge in [-0.3, -0.25) is 0 Å². The number of unbranched alkanes of at least 4 members (excludes halogenated alkanes) is 1. The minimum atomic E-state index is 0.783. The predicted octanol–water partition coefficient (Wildman–Crippen LogP) is 4.57. The molecule has 0 aromatic heterocycles. The lowest BCUT2D eigenvalue weighted by molar-refractivity contribution is 0.309. The predicted molar refractivity (Wildman–Crippen MR) is 84.0 cm³/mol. The zero-order valence-corrected chi connectivity index (χ0v) is 12.1. The highest BCUT2D eigenvalue weighted by molar-refractivity contribution is 5.44. The Morgan fingerprint density at radius 1 is 0.850 bits per heavy atom. The van der Waals surface area contributed by atoms with Crippen LogP contribution in [0.2, 0.25) is 0 Å². The molecule has 20 heavy (non-hydrogen) atoms. The van der Waals surface area contributed by atoms with Gasteiger partial charge in [0.2, 0.25) is 0 Å². The molecule has 102 valence electrons. The van der Waals surface area contributed by atoms with Crippen molar-refractivity contribution >= 4 is 0 Å². The summed E-state index contributed by atoms with van der Waals surface area (Å²) in [7, 11) is 0. The summed E-state index contributed by atoms with van der Waals surface area (Å²) in [5.74, 6) is 7.25. The number of hydrogen-bond donors (Lipinski definition) is 0. The molecule has 0 bridgehead atoms. The normalized spacial score (nSPS) is 9.70. The zero-order chi connectivity index (χ0) is 14.2. The molecule has 0 amide bonds. The standard InChI is InChI=1S/C19H20O/c1-3-4-15-20-19-13-11-18(12-14-19)10-9-17-7-5-16(2)6-8-17/h5-8,11-14H,3-4,15H2,1-2H3. The molecule has 1 heteroatoms. The summed E-state index contributed by atoms with van der Waals surface area (Å²) in [6, 6.07) is 16.2. The van der Waals surface area contributed by atoms with Crippen molar-refractivity contribution in [3.05, 3.63) is 65.2 Å². The molecule has 2 aromatic rings. The van der Waals surface area contributed by atoms with Crippen molar-refractivity contribution in [1.82, 2.24) is 0 Å². The average molecular weight is 264 g/mol. The van der Waals surface area contributed by atoms with E-state index in [1.165, 1.54) is 5.56 Å². The first kappa shape index (κ1) is 14.2. The van der Waals surface area contributed by atoms with Crippen molar-refractivity contribution in [2.24, 2.45) is 0 Å². The van der Waals surface area contributed by atoms with Gasteiger partial charge in [0.05, 0.1) is 6.61 Å². The fourth-order valence-electron chi connectivity index (χ4n) is 1.75. The van der Waals surface area contributed by atoms with Crippen LogP contribution in [0.1, 0.15) is 36.5 Å². The van der Waals surface area contributed by atoms with Crippen LogP contribution in [0.4, 0.5) is 0 Å². The van der Waals surface area contributed by atoms with E-state index in [9.17, 15) is 0 Å². The van der Waals surface area contributed by atoms with Crippen LogP contribution >= 0.6 is 0 Å². The quantitative estimate of drug-likeness (QED) is 0.580. The van der Waals surface area contributed by atoms with E-state index in [-0.39, 0.29) is 0 Å². The number of benzene rings is 2. The Morgan fingerprint density at radius 3 is 1.95 bits per heavy atom. The number of aryl methyl sites for hydroxylation is 1. The Labute approximate surface area is 121 Å². The Kier molecular flexibility index (Phi) is 5.26. The molecule has 0 heterocycles. The van der Waals surface area contributed by atoms with Gasteiger partial charge in [-0.05, 0) is 49.7 Å². The molecule has 0 aliphatic heterocycles. The van der Waals surface area contributed by atoms with Gasteiger partial charge in [0.15, 0.2) is 0 Å². The molecule has 0 N–H and O–H groups in total. The molecule has 0 radical (unpaired) electrons. The van der Waals surface area contributed by atoms with E-state index in [0.29, 0.717) is 0 Å². The van der Waals surface area contributed by atoms with E-state index >= 15 is 0 Å². The second-order valence-electron chi connectivity index (χ2n) is 4.84. The smallest absolute Gasteiger partial charge is 0.119 e. The van der Waals surface area contributed by atoms with E-state index in [2.05, 4.69) is 37.8 Å². The van der Waals surface area contributed by atoms with Crippen LogP contribution in [0.15, 0.2) is 48.5 Å². The van der Waals surface area contributed by atoms with Crippen LogP contribution in [0.25, 0.3) is 0 Å². The second-order valence-corrected chi connectivity index (χ2v) is 4.84. The lowest BCUT2D eigenvalue weighted by Crippen LogP contribution is -1.95. The lowest BCUT2D eigenvalue weighted by Gasteiger charge is -2.04. The van der Waals surface area contributed by atoms with Gasteiger partial charge in [0.1, 0.15) is 5.75 Å². The largest absolute Gasteiger partial charge is 0.494 e. The van der Waals surface area contributed by atoms with Crippen molar-refractivity contribution in [3.63, 3.8) is 0 Å². The molecule has 0 atom stereocenters. The first-order valence-electron chi connectivity index (χ1n) is 7.09. The Hall–Kier alpha value is -2.20. The van der Waals surface area contributed by atoms with Gasteiger partial charge in [0, 0.05) is 11.1 Å².